The molecule has 0 spiro atoms. The Hall–Kier alpha value is -1.57. The molecule has 0 saturated heterocycles. The monoisotopic (exact) mass is 250 g/mol. The fraction of sp³-hybridized carbons (Fsp3) is 0.0909. The van der Waals surface area contributed by atoms with Gasteiger partial charge in [-0.25, -0.2) is 4.98 Å². The highest BCUT2D eigenvalue weighted by Gasteiger charge is 2.02. The van der Waals surface area contributed by atoms with E-state index in [1.165, 1.54) is 6.07 Å². The van der Waals surface area contributed by atoms with E-state index >= 15 is 0 Å². The van der Waals surface area contributed by atoms with E-state index in [0.29, 0.717) is 18.1 Å². The molecule has 0 atom stereocenters. The van der Waals surface area contributed by atoms with Crippen LogP contribution < -0.4 is 4.74 Å². The predicted molar refractivity (Wildman–Crippen MR) is 62.6 cm³/mol. The van der Waals surface area contributed by atoms with Crippen LogP contribution >= 0.6 is 22.9 Å². The molecule has 0 bridgehead atoms. The van der Waals surface area contributed by atoms with Crippen molar-refractivity contribution in [2.45, 2.75) is 6.61 Å². The molecule has 5 heteroatoms. The number of aromatic nitrogens is 1. The number of halogens is 1. The Morgan fingerprint density at radius 1 is 1.50 bits per heavy atom. The molecule has 3 nitrogen and oxygen atoms in total. The Morgan fingerprint density at radius 3 is 3.06 bits per heavy atom. The van der Waals surface area contributed by atoms with Crippen LogP contribution in [0.3, 0.4) is 0 Å². The van der Waals surface area contributed by atoms with Gasteiger partial charge in [0.1, 0.15) is 11.8 Å². The maximum absolute atomic E-state index is 8.75. The third kappa shape index (κ3) is 2.72. The summed E-state index contributed by atoms with van der Waals surface area (Å²) in [6, 6.07) is 8.99. The van der Waals surface area contributed by atoms with Gasteiger partial charge in [0.2, 0.25) is 5.88 Å². The number of rotatable bonds is 3. The summed E-state index contributed by atoms with van der Waals surface area (Å²) in [4.78, 5) is 5.08. The Kier molecular flexibility index (Phi) is 3.40. The second-order valence-corrected chi connectivity index (χ2v) is 4.42. The van der Waals surface area contributed by atoms with Crippen molar-refractivity contribution < 1.29 is 4.74 Å². The fourth-order valence-electron chi connectivity index (χ4n) is 1.15. The van der Waals surface area contributed by atoms with Gasteiger partial charge in [-0.1, -0.05) is 17.7 Å². The van der Waals surface area contributed by atoms with Crippen molar-refractivity contribution in [3.63, 3.8) is 0 Å². The summed E-state index contributed by atoms with van der Waals surface area (Å²) in [6.45, 7) is 0.440. The van der Waals surface area contributed by atoms with Crippen molar-refractivity contribution in [3.05, 3.63) is 45.2 Å². The molecule has 16 heavy (non-hydrogen) atoms. The molecule has 0 aromatic carbocycles. The number of ether oxygens (including phenoxy) is 1. The maximum atomic E-state index is 8.75. The lowest BCUT2D eigenvalue weighted by molar-refractivity contribution is 0.297. The SMILES string of the molecule is N#Cc1cc(Cl)nc(OCc2cccs2)c1. The van der Waals surface area contributed by atoms with Crippen LogP contribution in [0.2, 0.25) is 5.15 Å². The molecule has 0 fully saturated rings. The molecule has 80 valence electrons. The summed E-state index contributed by atoms with van der Waals surface area (Å²) in [5.74, 6) is 0.373. The van der Waals surface area contributed by atoms with Crippen molar-refractivity contribution >= 4 is 22.9 Å². The third-order valence-electron chi connectivity index (χ3n) is 1.84. The summed E-state index contributed by atoms with van der Waals surface area (Å²) in [5, 5.41) is 11.0. The number of thiophene rings is 1. The molecule has 2 heterocycles. The molecular formula is C11H7ClN2OS. The molecule has 2 rings (SSSR count). The third-order valence-corrected chi connectivity index (χ3v) is 2.89. The second-order valence-electron chi connectivity index (χ2n) is 3.00. The summed E-state index contributed by atoms with van der Waals surface area (Å²) in [6.07, 6.45) is 0. The lowest BCUT2D eigenvalue weighted by Gasteiger charge is -2.03. The van der Waals surface area contributed by atoms with Crippen LogP contribution in [-0.2, 0) is 6.61 Å². The molecule has 0 radical (unpaired) electrons. The molecule has 0 aliphatic carbocycles. The molecule has 2 aromatic heterocycles. The zero-order chi connectivity index (χ0) is 11.4. The first-order valence-electron chi connectivity index (χ1n) is 4.51. The molecule has 0 amide bonds. The summed E-state index contributed by atoms with van der Waals surface area (Å²) < 4.78 is 5.44. The molecule has 2 aromatic rings. The van der Waals surface area contributed by atoms with Gasteiger partial charge >= 0.3 is 0 Å². The molecule has 0 saturated carbocycles. The van der Waals surface area contributed by atoms with Gasteiger partial charge in [-0.3, -0.25) is 0 Å². The number of hydrogen-bond donors (Lipinski definition) is 0. The van der Waals surface area contributed by atoms with Crippen molar-refractivity contribution in [2.24, 2.45) is 0 Å². The lowest BCUT2D eigenvalue weighted by Crippen LogP contribution is -1.96. The quantitative estimate of drug-likeness (QED) is 0.786. The van der Waals surface area contributed by atoms with Crippen LogP contribution in [0, 0.1) is 11.3 Å². The number of pyridine rings is 1. The first-order chi connectivity index (χ1) is 7.78. The van der Waals surface area contributed by atoms with Crippen LogP contribution in [-0.4, -0.2) is 4.98 Å². The molecule has 0 unspecified atom stereocenters. The number of hydrogen-bond acceptors (Lipinski definition) is 4. The topological polar surface area (TPSA) is 45.9 Å². The lowest BCUT2D eigenvalue weighted by atomic mass is 10.3. The van der Waals surface area contributed by atoms with Gasteiger partial charge < -0.3 is 4.74 Å². The highest BCUT2D eigenvalue weighted by atomic mass is 35.5. The van der Waals surface area contributed by atoms with E-state index in [0.717, 1.165) is 4.88 Å². The largest absolute Gasteiger partial charge is 0.472 e. The first kappa shape index (κ1) is 10.9. The van der Waals surface area contributed by atoms with Crippen LogP contribution in [0.15, 0.2) is 29.6 Å². The predicted octanol–water partition coefficient (Wildman–Crippen LogP) is 3.25. The van der Waals surface area contributed by atoms with Crippen LogP contribution in [0.5, 0.6) is 5.88 Å². The van der Waals surface area contributed by atoms with Gasteiger partial charge in [-0.15, -0.1) is 11.3 Å². The summed E-state index contributed by atoms with van der Waals surface area (Å²) in [5.41, 5.74) is 0.446. The van der Waals surface area contributed by atoms with Crippen molar-refractivity contribution in [3.8, 4) is 11.9 Å². The smallest absolute Gasteiger partial charge is 0.216 e. The molecule has 0 aliphatic heterocycles. The zero-order valence-electron chi connectivity index (χ0n) is 8.18. The van der Waals surface area contributed by atoms with Gasteiger partial charge in [0, 0.05) is 10.9 Å². The Labute approximate surface area is 102 Å². The fourth-order valence-corrected chi connectivity index (χ4v) is 1.97. The minimum absolute atomic E-state index is 0.264. The Balaban J connectivity index is 2.10. The van der Waals surface area contributed by atoms with E-state index in [9.17, 15) is 0 Å². The van der Waals surface area contributed by atoms with Crippen molar-refractivity contribution in [1.29, 1.82) is 5.26 Å². The number of nitriles is 1. The van der Waals surface area contributed by atoms with Gasteiger partial charge in [0.05, 0.1) is 11.6 Å². The van der Waals surface area contributed by atoms with Crippen molar-refractivity contribution in [2.75, 3.05) is 0 Å². The van der Waals surface area contributed by atoms with E-state index < -0.39 is 0 Å². The maximum Gasteiger partial charge on any atom is 0.216 e. The Bertz CT molecular complexity index is 519. The van der Waals surface area contributed by atoms with Gasteiger partial charge in [0.15, 0.2) is 0 Å². The van der Waals surface area contributed by atoms with Crippen LogP contribution in [0.25, 0.3) is 0 Å². The van der Waals surface area contributed by atoms with E-state index in [2.05, 4.69) is 4.98 Å². The average molecular weight is 251 g/mol. The first-order valence-corrected chi connectivity index (χ1v) is 5.76. The Morgan fingerprint density at radius 2 is 2.38 bits per heavy atom. The van der Waals surface area contributed by atoms with E-state index in [1.807, 2.05) is 23.6 Å². The number of nitrogens with zero attached hydrogens (tertiary/aromatic N) is 2. The highest BCUT2D eigenvalue weighted by Crippen LogP contribution is 2.18. The average Bonchev–Trinajstić information content (AvgIpc) is 2.78. The van der Waals surface area contributed by atoms with E-state index in [1.54, 1.807) is 17.4 Å². The van der Waals surface area contributed by atoms with E-state index in [4.69, 9.17) is 21.6 Å². The summed E-state index contributed by atoms with van der Waals surface area (Å²) in [7, 11) is 0. The van der Waals surface area contributed by atoms with Gasteiger partial charge in [0.25, 0.3) is 0 Å². The molecule has 0 aliphatic rings. The molecular weight excluding hydrogens is 244 g/mol. The minimum atomic E-state index is 0.264. The second kappa shape index (κ2) is 4.97. The minimum Gasteiger partial charge on any atom is -0.472 e. The van der Waals surface area contributed by atoms with Gasteiger partial charge in [-0.2, -0.15) is 5.26 Å². The highest BCUT2D eigenvalue weighted by molar-refractivity contribution is 7.09. The van der Waals surface area contributed by atoms with Gasteiger partial charge in [-0.05, 0) is 17.5 Å². The van der Waals surface area contributed by atoms with Crippen LogP contribution in [0.4, 0.5) is 0 Å². The van der Waals surface area contributed by atoms with E-state index in [-0.39, 0.29) is 5.15 Å². The summed E-state index contributed by atoms with van der Waals surface area (Å²) >= 11 is 7.36. The molecule has 0 N–H and O–H groups in total. The zero-order valence-corrected chi connectivity index (χ0v) is 9.76. The van der Waals surface area contributed by atoms with Crippen LogP contribution in [0.1, 0.15) is 10.4 Å². The van der Waals surface area contributed by atoms with Crippen molar-refractivity contribution in [1.82, 2.24) is 4.98 Å². The standard InChI is InChI=1S/C11H7ClN2OS/c12-10-4-8(6-13)5-11(14-10)15-7-9-2-1-3-16-9/h1-5H,7H2. The normalized spacial score (nSPS) is 9.75.